The summed E-state index contributed by atoms with van der Waals surface area (Å²) in [6.45, 7) is 1.21. The van der Waals surface area contributed by atoms with Crippen LogP contribution in [0.2, 0.25) is 0 Å². The van der Waals surface area contributed by atoms with Gasteiger partial charge in [0.1, 0.15) is 11.3 Å². The van der Waals surface area contributed by atoms with Crippen molar-refractivity contribution in [2.24, 2.45) is 0 Å². The fourth-order valence-corrected chi connectivity index (χ4v) is 2.05. The molecule has 0 bridgehead atoms. The van der Waals surface area contributed by atoms with E-state index in [1.165, 1.54) is 26.3 Å². The van der Waals surface area contributed by atoms with Gasteiger partial charge in [-0.15, -0.1) is 0 Å². The van der Waals surface area contributed by atoms with Crippen molar-refractivity contribution in [3.63, 3.8) is 0 Å². The molecule has 0 aliphatic carbocycles. The van der Waals surface area contributed by atoms with Gasteiger partial charge in [-0.1, -0.05) is 0 Å². The number of hydrogen-bond acceptors (Lipinski definition) is 4. The Hall–Kier alpha value is -1.63. The first-order valence-corrected chi connectivity index (χ1v) is 5.54. The number of nitrogens with zero attached hydrogens (tertiary/aromatic N) is 1. The topological polar surface area (TPSA) is 48.4 Å². The van der Waals surface area contributed by atoms with Gasteiger partial charge in [-0.2, -0.15) is 0 Å². The number of ether oxygens (including phenoxy) is 2. The van der Waals surface area contributed by atoms with Crippen LogP contribution in [0.3, 0.4) is 0 Å². The number of methoxy groups -OCH3 is 1. The maximum Gasteiger partial charge on any atom is 0.356 e. The molecular weight excluding hydrogens is 263 g/mol. The molecule has 0 spiro atoms. The molecule has 2 atom stereocenters. The fraction of sp³-hybridized carbons (Fsp3) is 0.500. The molecule has 1 aromatic heterocycles. The van der Waals surface area contributed by atoms with Gasteiger partial charge >= 0.3 is 5.97 Å². The quantitative estimate of drug-likeness (QED) is 0.794. The molecule has 0 saturated carbocycles. The number of rotatable bonds is 3. The van der Waals surface area contributed by atoms with Gasteiger partial charge in [0.15, 0.2) is 6.17 Å². The second kappa shape index (κ2) is 4.80. The molecule has 0 aromatic carbocycles. The van der Waals surface area contributed by atoms with Crippen molar-refractivity contribution in [1.29, 1.82) is 0 Å². The summed E-state index contributed by atoms with van der Waals surface area (Å²) in [5, 5.41) is 0. The number of hydrogen-bond donors (Lipinski definition) is 0. The van der Waals surface area contributed by atoms with Gasteiger partial charge in [-0.3, -0.25) is 0 Å². The highest BCUT2D eigenvalue weighted by molar-refractivity contribution is 5.87. The van der Waals surface area contributed by atoms with Crippen molar-refractivity contribution in [1.82, 2.24) is 4.98 Å². The standard InChI is InChI=1S/C12H12F3NO3/c1-12(9(13)10(14)15)7-3-8(11(17)18-2)16-4-6(7)5-19-12/h3-4,9-10H,5H2,1-2H3. The Morgan fingerprint density at radius 2 is 2.21 bits per heavy atom. The van der Waals surface area contributed by atoms with E-state index in [1.807, 2.05) is 0 Å². The van der Waals surface area contributed by atoms with Crippen molar-refractivity contribution in [3.05, 3.63) is 29.1 Å². The third kappa shape index (κ3) is 2.18. The van der Waals surface area contributed by atoms with E-state index in [9.17, 15) is 18.0 Å². The lowest BCUT2D eigenvalue weighted by atomic mass is 9.90. The Morgan fingerprint density at radius 3 is 2.79 bits per heavy atom. The van der Waals surface area contributed by atoms with Crippen LogP contribution < -0.4 is 0 Å². The number of halogens is 3. The minimum Gasteiger partial charge on any atom is -0.464 e. The van der Waals surface area contributed by atoms with Crippen LogP contribution in [0.25, 0.3) is 0 Å². The number of pyridine rings is 1. The van der Waals surface area contributed by atoms with E-state index in [2.05, 4.69) is 9.72 Å². The zero-order valence-electron chi connectivity index (χ0n) is 10.3. The fourth-order valence-electron chi connectivity index (χ4n) is 2.05. The molecule has 104 valence electrons. The van der Waals surface area contributed by atoms with Crippen LogP contribution in [0.1, 0.15) is 28.5 Å². The number of fused-ring (bicyclic) bond motifs is 1. The van der Waals surface area contributed by atoms with Crippen LogP contribution in [0.15, 0.2) is 12.3 Å². The van der Waals surface area contributed by atoms with E-state index in [-0.39, 0.29) is 17.9 Å². The van der Waals surface area contributed by atoms with E-state index < -0.39 is 24.2 Å². The first-order valence-electron chi connectivity index (χ1n) is 5.54. The molecule has 2 rings (SSSR count). The SMILES string of the molecule is COC(=O)c1cc2c(cn1)COC2(C)C(F)C(F)F. The Labute approximate surface area is 107 Å². The average Bonchev–Trinajstić information content (AvgIpc) is 2.75. The molecule has 2 unspecified atom stereocenters. The number of alkyl halides is 3. The van der Waals surface area contributed by atoms with Crippen molar-refractivity contribution in [2.75, 3.05) is 7.11 Å². The summed E-state index contributed by atoms with van der Waals surface area (Å²) >= 11 is 0. The predicted octanol–water partition coefficient (Wildman–Crippen LogP) is 2.22. The third-order valence-electron chi connectivity index (χ3n) is 3.19. The normalized spacial score (nSPS) is 23.3. The highest BCUT2D eigenvalue weighted by Gasteiger charge is 2.48. The van der Waals surface area contributed by atoms with Crippen molar-refractivity contribution >= 4 is 5.97 Å². The van der Waals surface area contributed by atoms with Crippen LogP contribution in [-0.4, -0.2) is 30.7 Å². The predicted molar refractivity (Wildman–Crippen MR) is 58.6 cm³/mol. The van der Waals surface area contributed by atoms with Crippen molar-refractivity contribution in [3.8, 4) is 0 Å². The first-order chi connectivity index (χ1) is 8.90. The van der Waals surface area contributed by atoms with Crippen LogP contribution in [0.5, 0.6) is 0 Å². The number of esters is 1. The highest BCUT2D eigenvalue weighted by Crippen LogP contribution is 2.42. The summed E-state index contributed by atoms with van der Waals surface area (Å²) < 4.78 is 48.5. The minimum absolute atomic E-state index is 0.0204. The lowest BCUT2D eigenvalue weighted by Gasteiger charge is -2.28. The summed E-state index contributed by atoms with van der Waals surface area (Å²) in [6, 6.07) is 1.24. The maximum absolute atomic E-state index is 13.7. The van der Waals surface area contributed by atoms with Gasteiger partial charge < -0.3 is 9.47 Å². The zero-order chi connectivity index (χ0) is 14.2. The maximum atomic E-state index is 13.7. The minimum atomic E-state index is -3.18. The molecule has 19 heavy (non-hydrogen) atoms. The lowest BCUT2D eigenvalue weighted by Crippen LogP contribution is -2.38. The monoisotopic (exact) mass is 275 g/mol. The van der Waals surface area contributed by atoms with E-state index in [4.69, 9.17) is 4.74 Å². The van der Waals surface area contributed by atoms with Gasteiger partial charge in [-0.25, -0.2) is 22.9 Å². The molecule has 2 heterocycles. The second-order valence-corrected chi connectivity index (χ2v) is 4.35. The lowest BCUT2D eigenvalue weighted by molar-refractivity contribution is -0.125. The van der Waals surface area contributed by atoms with E-state index >= 15 is 0 Å². The molecular formula is C12H12F3NO3. The molecule has 0 fully saturated rings. The van der Waals surface area contributed by atoms with Crippen LogP contribution in [0.4, 0.5) is 13.2 Å². The summed E-state index contributed by atoms with van der Waals surface area (Å²) in [6.07, 6.45) is -4.35. The molecule has 1 aliphatic heterocycles. The smallest absolute Gasteiger partial charge is 0.356 e. The molecule has 0 saturated heterocycles. The summed E-state index contributed by atoms with van der Waals surface area (Å²) in [7, 11) is 1.17. The van der Waals surface area contributed by atoms with Gasteiger partial charge in [0.05, 0.1) is 13.7 Å². The average molecular weight is 275 g/mol. The van der Waals surface area contributed by atoms with Crippen molar-refractivity contribution < 1.29 is 27.4 Å². The molecule has 1 aromatic rings. The van der Waals surface area contributed by atoms with Crippen molar-refractivity contribution in [2.45, 2.75) is 31.7 Å². The van der Waals surface area contributed by atoms with Gasteiger partial charge in [0.2, 0.25) is 0 Å². The molecule has 1 aliphatic rings. The van der Waals surface area contributed by atoms with E-state index in [0.29, 0.717) is 5.56 Å². The highest BCUT2D eigenvalue weighted by atomic mass is 19.3. The van der Waals surface area contributed by atoms with Gasteiger partial charge in [0.25, 0.3) is 6.43 Å². The van der Waals surface area contributed by atoms with Gasteiger partial charge in [0, 0.05) is 11.8 Å². The number of carbonyl (C=O) groups excluding carboxylic acids is 1. The van der Waals surface area contributed by atoms with Crippen LogP contribution in [-0.2, 0) is 21.7 Å². The molecule has 0 amide bonds. The Morgan fingerprint density at radius 1 is 1.53 bits per heavy atom. The Balaban J connectivity index is 2.45. The number of carbonyl (C=O) groups is 1. The van der Waals surface area contributed by atoms with Crippen LogP contribution in [0, 0.1) is 0 Å². The number of aromatic nitrogens is 1. The molecule has 0 radical (unpaired) electrons. The largest absolute Gasteiger partial charge is 0.464 e. The summed E-state index contributed by atoms with van der Waals surface area (Å²) in [5.74, 6) is -0.718. The zero-order valence-corrected chi connectivity index (χ0v) is 10.3. The van der Waals surface area contributed by atoms with E-state index in [1.54, 1.807) is 0 Å². The van der Waals surface area contributed by atoms with Crippen LogP contribution >= 0.6 is 0 Å². The van der Waals surface area contributed by atoms with E-state index in [0.717, 1.165) is 0 Å². The Kier molecular flexibility index (Phi) is 3.49. The summed E-state index contributed by atoms with van der Waals surface area (Å²) in [5.41, 5.74) is -1.16. The Bertz CT molecular complexity index is 509. The summed E-state index contributed by atoms with van der Waals surface area (Å²) in [4.78, 5) is 15.2. The van der Waals surface area contributed by atoms with Gasteiger partial charge in [-0.05, 0) is 18.6 Å². The first kappa shape index (κ1) is 13.8. The molecule has 4 nitrogen and oxygen atoms in total. The third-order valence-corrected chi connectivity index (χ3v) is 3.19. The molecule has 0 N–H and O–H groups in total. The molecule has 7 heteroatoms. The second-order valence-electron chi connectivity index (χ2n) is 4.35.